The van der Waals surface area contributed by atoms with Crippen molar-refractivity contribution in [3.05, 3.63) is 71.8 Å². The number of benzene rings is 3. The number of halogens is 1. The second-order valence-electron chi connectivity index (χ2n) is 5.93. The van der Waals surface area contributed by atoms with Gasteiger partial charge in [-0.05, 0) is 73.7 Å². The van der Waals surface area contributed by atoms with Crippen LogP contribution in [0.5, 0.6) is 5.75 Å². The number of ether oxygens (including phenoxy) is 1. The second kappa shape index (κ2) is 9.57. The molecule has 3 aromatic carbocycles. The largest absolute Gasteiger partial charge is 0.494 e. The number of azo groups is 2. The van der Waals surface area contributed by atoms with Gasteiger partial charge in [-0.25, -0.2) is 0 Å². The lowest BCUT2D eigenvalue weighted by Crippen LogP contribution is -1.97. The predicted octanol–water partition coefficient (Wildman–Crippen LogP) is 6.82. The topological polar surface area (TPSA) is 113 Å². The fraction of sp³-hybridized carbons (Fsp3) is 0.100. The third-order valence-corrected chi connectivity index (χ3v) is 4.94. The Labute approximate surface area is 178 Å². The van der Waals surface area contributed by atoms with Gasteiger partial charge >= 0.3 is 0 Å². The molecular formula is C20H17ClN4O4S. The standard InChI is InChI=1S/C20H17ClN4O4S/c1-2-29-17-9-7-16(8-10-17)23-22-14-3-5-15(6-4-14)24-25-20-13-18(30(26,27)28)11-12-19(20)21/h3-13H,2H2,1H3,(H,26,27,28). The Balaban J connectivity index is 1.70. The monoisotopic (exact) mass is 444 g/mol. The molecule has 0 aliphatic heterocycles. The summed E-state index contributed by atoms with van der Waals surface area (Å²) in [5, 5.41) is 16.5. The minimum Gasteiger partial charge on any atom is -0.494 e. The molecule has 3 rings (SSSR count). The van der Waals surface area contributed by atoms with E-state index in [1.807, 2.05) is 31.2 Å². The summed E-state index contributed by atoms with van der Waals surface area (Å²) >= 11 is 6.00. The summed E-state index contributed by atoms with van der Waals surface area (Å²) in [6.45, 7) is 2.52. The van der Waals surface area contributed by atoms with Crippen LogP contribution in [0.25, 0.3) is 0 Å². The van der Waals surface area contributed by atoms with Gasteiger partial charge in [-0.3, -0.25) is 4.55 Å². The van der Waals surface area contributed by atoms with Gasteiger partial charge in [0.25, 0.3) is 10.1 Å². The van der Waals surface area contributed by atoms with E-state index >= 15 is 0 Å². The normalized spacial score (nSPS) is 12.0. The van der Waals surface area contributed by atoms with Crippen LogP contribution in [0.4, 0.5) is 22.7 Å². The Bertz CT molecular complexity index is 1180. The Kier molecular flexibility index (Phi) is 6.88. The van der Waals surface area contributed by atoms with E-state index in [0.717, 1.165) is 11.8 Å². The van der Waals surface area contributed by atoms with Crippen LogP contribution in [0.1, 0.15) is 6.92 Å². The molecule has 0 saturated carbocycles. The van der Waals surface area contributed by atoms with Crippen molar-refractivity contribution in [1.82, 2.24) is 0 Å². The van der Waals surface area contributed by atoms with E-state index in [0.29, 0.717) is 23.7 Å². The van der Waals surface area contributed by atoms with Gasteiger partial charge in [-0.15, -0.1) is 5.11 Å². The van der Waals surface area contributed by atoms with Crippen molar-refractivity contribution in [3.63, 3.8) is 0 Å². The van der Waals surface area contributed by atoms with Crippen molar-refractivity contribution in [3.8, 4) is 5.75 Å². The predicted molar refractivity (Wildman–Crippen MR) is 114 cm³/mol. The van der Waals surface area contributed by atoms with Crippen molar-refractivity contribution >= 4 is 44.5 Å². The van der Waals surface area contributed by atoms with Crippen molar-refractivity contribution < 1.29 is 17.7 Å². The lowest BCUT2D eigenvalue weighted by molar-refractivity contribution is 0.340. The molecule has 0 heterocycles. The molecule has 8 nitrogen and oxygen atoms in total. The molecule has 0 amide bonds. The minimum atomic E-state index is -4.36. The molecule has 0 bridgehead atoms. The summed E-state index contributed by atoms with van der Waals surface area (Å²) in [6.07, 6.45) is 0. The third-order valence-electron chi connectivity index (χ3n) is 3.77. The maximum absolute atomic E-state index is 11.2. The highest BCUT2D eigenvalue weighted by atomic mass is 35.5. The highest BCUT2D eigenvalue weighted by Gasteiger charge is 2.12. The van der Waals surface area contributed by atoms with E-state index in [2.05, 4.69) is 20.5 Å². The molecule has 0 unspecified atom stereocenters. The Morgan fingerprint density at radius 1 is 0.833 bits per heavy atom. The average molecular weight is 445 g/mol. The SMILES string of the molecule is CCOc1ccc(N=Nc2ccc(N=Nc3cc(S(=O)(=O)O)ccc3Cl)cc2)cc1. The van der Waals surface area contributed by atoms with E-state index in [4.69, 9.17) is 20.9 Å². The smallest absolute Gasteiger partial charge is 0.294 e. The highest BCUT2D eigenvalue weighted by molar-refractivity contribution is 7.85. The molecule has 154 valence electrons. The Morgan fingerprint density at radius 3 is 1.83 bits per heavy atom. The molecular weight excluding hydrogens is 428 g/mol. The molecule has 0 aliphatic rings. The minimum absolute atomic E-state index is 0.117. The van der Waals surface area contributed by atoms with Crippen LogP contribution in [0, 0.1) is 0 Å². The average Bonchev–Trinajstić information content (AvgIpc) is 2.73. The van der Waals surface area contributed by atoms with Crippen LogP contribution in [-0.2, 0) is 10.1 Å². The van der Waals surface area contributed by atoms with Crippen LogP contribution < -0.4 is 4.74 Å². The van der Waals surface area contributed by atoms with Gasteiger partial charge < -0.3 is 4.74 Å². The maximum atomic E-state index is 11.2. The Hall–Kier alpha value is -3.14. The van der Waals surface area contributed by atoms with Crippen LogP contribution in [0.3, 0.4) is 0 Å². The van der Waals surface area contributed by atoms with Crippen molar-refractivity contribution in [2.24, 2.45) is 20.5 Å². The lowest BCUT2D eigenvalue weighted by atomic mass is 10.3. The summed E-state index contributed by atoms with van der Waals surface area (Å²) in [5.74, 6) is 0.772. The first kappa shape index (κ1) is 21.6. The van der Waals surface area contributed by atoms with Gasteiger partial charge in [0.15, 0.2) is 0 Å². The van der Waals surface area contributed by atoms with Crippen molar-refractivity contribution in [2.75, 3.05) is 6.61 Å². The molecule has 30 heavy (non-hydrogen) atoms. The van der Waals surface area contributed by atoms with E-state index in [-0.39, 0.29) is 15.6 Å². The van der Waals surface area contributed by atoms with E-state index in [9.17, 15) is 8.42 Å². The van der Waals surface area contributed by atoms with Crippen LogP contribution >= 0.6 is 11.6 Å². The zero-order valence-electron chi connectivity index (χ0n) is 15.8. The molecule has 0 saturated heterocycles. The molecule has 0 spiro atoms. The molecule has 10 heteroatoms. The first-order valence-electron chi connectivity index (χ1n) is 8.78. The van der Waals surface area contributed by atoms with Gasteiger partial charge in [0.2, 0.25) is 0 Å². The second-order valence-corrected chi connectivity index (χ2v) is 7.76. The molecule has 0 radical (unpaired) electrons. The van der Waals surface area contributed by atoms with E-state index in [1.54, 1.807) is 24.3 Å². The lowest BCUT2D eigenvalue weighted by Gasteiger charge is -2.01. The number of rotatable bonds is 7. The van der Waals surface area contributed by atoms with Gasteiger partial charge in [0, 0.05) is 0 Å². The van der Waals surface area contributed by atoms with Crippen molar-refractivity contribution in [1.29, 1.82) is 0 Å². The van der Waals surface area contributed by atoms with Crippen LogP contribution in [0.15, 0.2) is 92.1 Å². The van der Waals surface area contributed by atoms with Crippen molar-refractivity contribution in [2.45, 2.75) is 11.8 Å². The van der Waals surface area contributed by atoms with Gasteiger partial charge in [0.05, 0.1) is 33.6 Å². The summed E-state index contributed by atoms with van der Waals surface area (Å²) in [4.78, 5) is -0.314. The zero-order chi connectivity index (χ0) is 21.6. The van der Waals surface area contributed by atoms with E-state index in [1.165, 1.54) is 12.1 Å². The fourth-order valence-corrected chi connectivity index (χ4v) is 2.97. The first-order valence-corrected chi connectivity index (χ1v) is 10.6. The van der Waals surface area contributed by atoms with Crippen LogP contribution in [-0.4, -0.2) is 19.6 Å². The van der Waals surface area contributed by atoms with Gasteiger partial charge in [-0.1, -0.05) is 11.6 Å². The quantitative estimate of drug-likeness (QED) is 0.318. The molecule has 0 atom stereocenters. The number of nitrogens with zero attached hydrogens (tertiary/aromatic N) is 4. The Morgan fingerprint density at radius 2 is 1.33 bits per heavy atom. The molecule has 0 aromatic heterocycles. The van der Waals surface area contributed by atoms with Gasteiger partial charge in [-0.2, -0.15) is 23.8 Å². The summed E-state index contributed by atoms with van der Waals surface area (Å²) < 4.78 is 37.0. The molecule has 1 N–H and O–H groups in total. The number of hydrogen-bond donors (Lipinski definition) is 1. The number of hydrogen-bond acceptors (Lipinski definition) is 7. The maximum Gasteiger partial charge on any atom is 0.294 e. The van der Waals surface area contributed by atoms with Crippen LogP contribution in [0.2, 0.25) is 5.02 Å². The van der Waals surface area contributed by atoms with E-state index < -0.39 is 10.1 Å². The molecule has 0 aliphatic carbocycles. The summed E-state index contributed by atoms with van der Waals surface area (Å²) in [7, 11) is -4.36. The first-order chi connectivity index (χ1) is 14.3. The molecule has 3 aromatic rings. The summed E-state index contributed by atoms with van der Waals surface area (Å²) in [6, 6.07) is 17.7. The molecule has 0 fully saturated rings. The summed E-state index contributed by atoms with van der Waals surface area (Å²) in [5.41, 5.74) is 1.93. The fourth-order valence-electron chi connectivity index (χ4n) is 2.32. The third kappa shape index (κ3) is 5.93. The zero-order valence-corrected chi connectivity index (χ0v) is 17.4. The highest BCUT2D eigenvalue weighted by Crippen LogP contribution is 2.30. The van der Waals surface area contributed by atoms with Gasteiger partial charge in [0.1, 0.15) is 11.4 Å².